The minimum Gasteiger partial charge on any atom is -0.478 e. The minimum absolute atomic E-state index is 0.0119. The van der Waals surface area contributed by atoms with Gasteiger partial charge in [-0.05, 0) is 25.7 Å². The summed E-state index contributed by atoms with van der Waals surface area (Å²) in [6, 6.07) is 0. The fourth-order valence-electron chi connectivity index (χ4n) is 1.45. The summed E-state index contributed by atoms with van der Waals surface area (Å²) in [5.74, 6) is -1.57. The first kappa shape index (κ1) is 16.6. The van der Waals surface area contributed by atoms with E-state index in [2.05, 4.69) is 5.32 Å². The van der Waals surface area contributed by atoms with Crippen LogP contribution in [-0.4, -0.2) is 34.7 Å². The predicted octanol–water partition coefficient (Wildman–Crippen LogP) is 1.32. The van der Waals surface area contributed by atoms with E-state index in [0.29, 0.717) is 6.42 Å². The first-order valence-electron chi connectivity index (χ1n) is 5.91. The Morgan fingerprint density at radius 3 is 2.06 bits per heavy atom. The van der Waals surface area contributed by atoms with Crippen LogP contribution in [0.5, 0.6) is 0 Å². The maximum atomic E-state index is 11.6. The van der Waals surface area contributed by atoms with Gasteiger partial charge in [-0.3, -0.25) is 4.79 Å². The molecule has 0 saturated carbocycles. The van der Waals surface area contributed by atoms with Crippen molar-refractivity contribution in [1.82, 2.24) is 5.32 Å². The predicted molar refractivity (Wildman–Crippen MR) is 69.1 cm³/mol. The normalized spacial score (nSPS) is 14.8. The second kappa shape index (κ2) is 6.54. The van der Waals surface area contributed by atoms with Gasteiger partial charge in [-0.2, -0.15) is 0 Å². The Hall–Kier alpha value is -1.36. The van der Waals surface area contributed by atoms with E-state index in [1.807, 2.05) is 20.8 Å². The Bertz CT molecular complexity index is 352. The summed E-state index contributed by atoms with van der Waals surface area (Å²) >= 11 is 0. The fraction of sp³-hybridized carbons (Fsp3) is 0.692. The number of carbonyl (C=O) groups excluding carboxylic acids is 1. The number of carbonyl (C=O) groups is 2. The summed E-state index contributed by atoms with van der Waals surface area (Å²) in [6.07, 6.45) is -0.0691. The van der Waals surface area contributed by atoms with Crippen LogP contribution in [0.4, 0.5) is 0 Å². The molecule has 0 rings (SSSR count). The number of hydrogen-bond donors (Lipinski definition) is 3. The van der Waals surface area contributed by atoms with Crippen molar-refractivity contribution in [3.8, 4) is 0 Å². The number of hydrogen-bond acceptors (Lipinski definition) is 3. The number of carboxylic acids is 1. The van der Waals surface area contributed by atoms with Crippen molar-refractivity contribution in [2.45, 2.75) is 47.1 Å². The van der Waals surface area contributed by atoms with Crippen molar-refractivity contribution >= 4 is 11.9 Å². The van der Waals surface area contributed by atoms with Gasteiger partial charge in [0.15, 0.2) is 0 Å². The molecular formula is C13H23NO4. The van der Waals surface area contributed by atoms with Gasteiger partial charge in [-0.25, -0.2) is 4.79 Å². The third-order valence-corrected chi connectivity index (χ3v) is 2.57. The number of aliphatic hydroxyl groups is 1. The van der Waals surface area contributed by atoms with Crippen LogP contribution in [-0.2, 0) is 9.59 Å². The van der Waals surface area contributed by atoms with E-state index < -0.39 is 18.0 Å². The molecule has 0 aromatic rings. The lowest BCUT2D eigenvalue weighted by molar-refractivity contribution is -0.133. The van der Waals surface area contributed by atoms with Crippen LogP contribution in [0.15, 0.2) is 11.1 Å². The van der Waals surface area contributed by atoms with E-state index in [4.69, 9.17) is 5.11 Å². The SMILES string of the molecule is CC(C(=O)O)=C(C)C(=O)NCC(O)CC(C)(C)C. The summed E-state index contributed by atoms with van der Waals surface area (Å²) in [6.45, 7) is 8.95. The molecule has 18 heavy (non-hydrogen) atoms. The van der Waals surface area contributed by atoms with E-state index in [0.717, 1.165) is 0 Å². The number of aliphatic hydroxyl groups excluding tert-OH is 1. The van der Waals surface area contributed by atoms with Crippen LogP contribution in [0.2, 0.25) is 0 Å². The second-order valence-corrected chi connectivity index (χ2v) is 5.68. The number of rotatable bonds is 5. The van der Waals surface area contributed by atoms with Gasteiger partial charge in [0.25, 0.3) is 0 Å². The second-order valence-electron chi connectivity index (χ2n) is 5.68. The van der Waals surface area contributed by atoms with Gasteiger partial charge in [0.05, 0.1) is 6.10 Å². The van der Waals surface area contributed by atoms with Crippen LogP contribution < -0.4 is 5.32 Å². The Kier molecular flexibility index (Phi) is 6.05. The van der Waals surface area contributed by atoms with Gasteiger partial charge in [0, 0.05) is 17.7 Å². The van der Waals surface area contributed by atoms with Crippen molar-refractivity contribution in [3.05, 3.63) is 11.1 Å². The Morgan fingerprint density at radius 2 is 1.67 bits per heavy atom. The lowest BCUT2D eigenvalue weighted by Crippen LogP contribution is -2.35. The van der Waals surface area contributed by atoms with Crippen LogP contribution in [0.3, 0.4) is 0 Å². The van der Waals surface area contributed by atoms with Crippen LogP contribution in [0.1, 0.15) is 41.0 Å². The zero-order valence-corrected chi connectivity index (χ0v) is 11.7. The van der Waals surface area contributed by atoms with Gasteiger partial charge < -0.3 is 15.5 Å². The van der Waals surface area contributed by atoms with Gasteiger partial charge >= 0.3 is 5.97 Å². The number of carboxylic acid groups (broad SMARTS) is 1. The van der Waals surface area contributed by atoms with E-state index in [1.54, 1.807) is 0 Å². The molecule has 0 aromatic heterocycles. The van der Waals surface area contributed by atoms with Gasteiger partial charge in [0.1, 0.15) is 0 Å². The topological polar surface area (TPSA) is 86.6 Å². The number of nitrogens with one attached hydrogen (secondary N) is 1. The minimum atomic E-state index is -1.11. The Labute approximate surface area is 108 Å². The Morgan fingerprint density at radius 1 is 1.17 bits per heavy atom. The molecule has 1 unspecified atom stereocenters. The molecular weight excluding hydrogens is 234 g/mol. The third-order valence-electron chi connectivity index (χ3n) is 2.57. The highest BCUT2D eigenvalue weighted by Crippen LogP contribution is 2.20. The summed E-state index contributed by atoms with van der Waals surface area (Å²) in [7, 11) is 0. The highest BCUT2D eigenvalue weighted by molar-refractivity contribution is 6.01. The molecule has 0 aliphatic rings. The molecule has 5 nitrogen and oxygen atoms in total. The largest absolute Gasteiger partial charge is 0.478 e. The maximum Gasteiger partial charge on any atom is 0.331 e. The molecule has 0 spiro atoms. The van der Waals surface area contributed by atoms with E-state index in [9.17, 15) is 14.7 Å². The number of aliphatic carboxylic acids is 1. The Balaban J connectivity index is 4.36. The lowest BCUT2D eigenvalue weighted by Gasteiger charge is -2.22. The summed E-state index contributed by atoms with van der Waals surface area (Å²) in [5.41, 5.74) is 0.148. The van der Waals surface area contributed by atoms with Crippen molar-refractivity contribution in [2.24, 2.45) is 5.41 Å². The van der Waals surface area contributed by atoms with Crippen molar-refractivity contribution in [2.75, 3.05) is 6.54 Å². The van der Waals surface area contributed by atoms with Crippen molar-refractivity contribution in [1.29, 1.82) is 0 Å². The average molecular weight is 257 g/mol. The monoisotopic (exact) mass is 257 g/mol. The van der Waals surface area contributed by atoms with Crippen LogP contribution in [0, 0.1) is 5.41 Å². The zero-order chi connectivity index (χ0) is 14.5. The van der Waals surface area contributed by atoms with Crippen molar-refractivity contribution in [3.63, 3.8) is 0 Å². The van der Waals surface area contributed by atoms with E-state index >= 15 is 0 Å². The highest BCUT2D eigenvalue weighted by Gasteiger charge is 2.18. The fourth-order valence-corrected chi connectivity index (χ4v) is 1.45. The molecule has 0 bridgehead atoms. The molecule has 0 aliphatic carbocycles. The molecule has 0 saturated heterocycles. The maximum absolute atomic E-state index is 11.6. The summed E-state index contributed by atoms with van der Waals surface area (Å²) in [5, 5.41) is 21.0. The van der Waals surface area contributed by atoms with Gasteiger partial charge in [-0.1, -0.05) is 20.8 Å². The number of amides is 1. The molecule has 3 N–H and O–H groups in total. The molecule has 1 atom stereocenters. The van der Waals surface area contributed by atoms with Crippen LogP contribution in [0.25, 0.3) is 0 Å². The molecule has 0 aromatic carbocycles. The molecule has 0 heterocycles. The highest BCUT2D eigenvalue weighted by atomic mass is 16.4. The molecule has 0 radical (unpaired) electrons. The summed E-state index contributed by atoms with van der Waals surface area (Å²) in [4.78, 5) is 22.3. The zero-order valence-electron chi connectivity index (χ0n) is 11.7. The molecule has 104 valence electrons. The van der Waals surface area contributed by atoms with E-state index in [-0.39, 0.29) is 23.1 Å². The van der Waals surface area contributed by atoms with E-state index in [1.165, 1.54) is 13.8 Å². The quantitative estimate of drug-likeness (QED) is 0.648. The van der Waals surface area contributed by atoms with Gasteiger partial charge in [-0.15, -0.1) is 0 Å². The molecule has 0 fully saturated rings. The van der Waals surface area contributed by atoms with Crippen LogP contribution >= 0.6 is 0 Å². The lowest BCUT2D eigenvalue weighted by atomic mass is 9.89. The molecule has 0 aliphatic heterocycles. The summed E-state index contributed by atoms with van der Waals surface area (Å²) < 4.78 is 0. The van der Waals surface area contributed by atoms with Gasteiger partial charge in [0.2, 0.25) is 5.91 Å². The average Bonchev–Trinajstić information content (AvgIpc) is 2.21. The standard InChI is InChI=1S/C13H23NO4/c1-8(9(2)12(17)18)11(16)14-7-10(15)6-13(3,4)5/h10,15H,6-7H2,1-5H3,(H,14,16)(H,17,18). The smallest absolute Gasteiger partial charge is 0.331 e. The molecule has 1 amide bonds. The first-order valence-corrected chi connectivity index (χ1v) is 5.91. The first-order chi connectivity index (χ1) is 8.04. The molecule has 5 heteroatoms. The van der Waals surface area contributed by atoms with Crippen molar-refractivity contribution < 1.29 is 19.8 Å². The third kappa shape index (κ3) is 6.39.